The number of carbonyl (C=O) groups excluding carboxylic acids is 1. The molecule has 2 aromatic carbocycles. The van der Waals surface area contributed by atoms with E-state index < -0.39 is 0 Å². The molecule has 0 atom stereocenters. The fraction of sp³-hybridized carbons (Fsp3) is 0.150. The van der Waals surface area contributed by atoms with E-state index in [1.807, 2.05) is 36.4 Å². The minimum atomic E-state index is -0.277. The first-order valence-electron chi connectivity index (χ1n) is 8.02. The molecule has 0 amide bonds. The zero-order valence-electron chi connectivity index (χ0n) is 14.2. The van der Waals surface area contributed by atoms with Gasteiger partial charge in [-0.05, 0) is 35.4 Å². The van der Waals surface area contributed by atoms with Gasteiger partial charge >= 0.3 is 5.97 Å². The van der Waals surface area contributed by atoms with Crippen molar-refractivity contribution in [2.45, 2.75) is 12.8 Å². The fourth-order valence-corrected chi connectivity index (χ4v) is 2.47. The van der Waals surface area contributed by atoms with Gasteiger partial charge in [0, 0.05) is 23.7 Å². The van der Waals surface area contributed by atoms with Crippen LogP contribution in [0.25, 0.3) is 0 Å². The number of aromatic nitrogens is 2. The number of carbonyl (C=O) groups is 1. The second-order valence-corrected chi connectivity index (χ2v) is 6.05. The number of hydrogen-bond acceptors (Lipinski definition) is 5. The van der Waals surface area contributed by atoms with E-state index in [1.54, 1.807) is 24.4 Å². The summed E-state index contributed by atoms with van der Waals surface area (Å²) in [6.07, 6.45) is 2.49. The predicted octanol–water partition coefficient (Wildman–Crippen LogP) is 4.23. The molecule has 0 radical (unpaired) electrons. The van der Waals surface area contributed by atoms with Crippen molar-refractivity contribution < 1.29 is 14.3 Å². The van der Waals surface area contributed by atoms with Crippen LogP contribution in [0.4, 0.5) is 0 Å². The topological polar surface area (TPSA) is 61.3 Å². The van der Waals surface area contributed by atoms with Crippen LogP contribution >= 0.6 is 11.6 Å². The molecule has 0 aliphatic rings. The number of methoxy groups -OCH3 is 1. The highest BCUT2D eigenvalue weighted by Gasteiger charge is 2.06. The van der Waals surface area contributed by atoms with Crippen molar-refractivity contribution in [1.29, 1.82) is 0 Å². The molecule has 1 aromatic heterocycles. The Balaban J connectivity index is 1.66. The van der Waals surface area contributed by atoms with E-state index in [0.717, 1.165) is 11.1 Å². The van der Waals surface area contributed by atoms with E-state index in [0.29, 0.717) is 28.9 Å². The molecular weight excluding hydrogens is 352 g/mol. The van der Waals surface area contributed by atoms with Crippen LogP contribution in [0.2, 0.25) is 5.02 Å². The zero-order chi connectivity index (χ0) is 18.4. The van der Waals surface area contributed by atoms with Gasteiger partial charge in [0.2, 0.25) is 5.88 Å². The minimum absolute atomic E-state index is 0.232. The third kappa shape index (κ3) is 5.04. The van der Waals surface area contributed by atoms with Gasteiger partial charge in [-0.25, -0.2) is 4.98 Å². The summed E-state index contributed by atoms with van der Waals surface area (Å²) in [6, 6.07) is 16.5. The zero-order valence-corrected chi connectivity index (χ0v) is 14.9. The van der Waals surface area contributed by atoms with Gasteiger partial charge in [0.15, 0.2) is 0 Å². The Morgan fingerprint density at radius 2 is 1.69 bits per heavy atom. The largest absolute Gasteiger partial charge is 0.469 e. The van der Waals surface area contributed by atoms with Crippen LogP contribution in [0.15, 0.2) is 60.8 Å². The summed E-state index contributed by atoms with van der Waals surface area (Å²) >= 11 is 5.90. The Hall–Kier alpha value is -2.92. The molecule has 0 aliphatic carbocycles. The maximum Gasteiger partial charge on any atom is 0.309 e. The van der Waals surface area contributed by atoms with Gasteiger partial charge in [-0.1, -0.05) is 35.9 Å². The molecule has 0 fully saturated rings. The molecule has 0 N–H and O–H groups in total. The third-order valence-corrected chi connectivity index (χ3v) is 3.93. The van der Waals surface area contributed by atoms with Crippen LogP contribution in [0.5, 0.6) is 11.6 Å². The van der Waals surface area contributed by atoms with Crippen molar-refractivity contribution in [3.8, 4) is 11.6 Å². The smallest absolute Gasteiger partial charge is 0.309 e. The van der Waals surface area contributed by atoms with Crippen molar-refractivity contribution >= 4 is 17.6 Å². The number of halogens is 1. The molecule has 0 spiro atoms. The third-order valence-electron chi connectivity index (χ3n) is 3.68. The normalized spacial score (nSPS) is 10.4. The first-order chi connectivity index (χ1) is 12.6. The van der Waals surface area contributed by atoms with Gasteiger partial charge in [0.1, 0.15) is 11.6 Å². The first kappa shape index (κ1) is 17.9. The first-order valence-corrected chi connectivity index (χ1v) is 8.40. The standard InChI is InChI=1S/C20H17ClN2O3/c1-25-20(24)13-15-4-8-17(9-5-15)26-19-10-11-22-18(23-19)12-14-2-6-16(21)7-3-14/h2-11H,12-13H2,1H3. The highest BCUT2D eigenvalue weighted by Crippen LogP contribution is 2.20. The quantitative estimate of drug-likeness (QED) is 0.609. The Morgan fingerprint density at radius 1 is 1.00 bits per heavy atom. The second-order valence-electron chi connectivity index (χ2n) is 5.61. The van der Waals surface area contributed by atoms with E-state index in [9.17, 15) is 4.79 Å². The lowest BCUT2D eigenvalue weighted by molar-refractivity contribution is -0.139. The van der Waals surface area contributed by atoms with E-state index in [1.165, 1.54) is 7.11 Å². The maximum atomic E-state index is 11.3. The summed E-state index contributed by atoms with van der Waals surface area (Å²) in [5.74, 6) is 1.48. The van der Waals surface area contributed by atoms with E-state index in [4.69, 9.17) is 16.3 Å². The van der Waals surface area contributed by atoms with Crippen LogP contribution in [-0.2, 0) is 22.4 Å². The molecule has 132 valence electrons. The van der Waals surface area contributed by atoms with Gasteiger partial charge in [0.25, 0.3) is 0 Å². The summed E-state index contributed by atoms with van der Waals surface area (Å²) in [7, 11) is 1.37. The van der Waals surface area contributed by atoms with E-state index >= 15 is 0 Å². The molecule has 3 rings (SSSR count). The van der Waals surface area contributed by atoms with Gasteiger partial charge in [0.05, 0.1) is 13.5 Å². The van der Waals surface area contributed by atoms with Gasteiger partial charge in [-0.15, -0.1) is 0 Å². The average molecular weight is 369 g/mol. The van der Waals surface area contributed by atoms with E-state index in [2.05, 4.69) is 14.7 Å². The number of rotatable bonds is 6. The Morgan fingerprint density at radius 3 is 2.38 bits per heavy atom. The lowest BCUT2D eigenvalue weighted by atomic mass is 10.1. The van der Waals surface area contributed by atoms with Crippen LogP contribution in [0.1, 0.15) is 17.0 Å². The summed E-state index contributed by atoms with van der Waals surface area (Å²) in [4.78, 5) is 20.0. The highest BCUT2D eigenvalue weighted by molar-refractivity contribution is 6.30. The minimum Gasteiger partial charge on any atom is -0.469 e. The summed E-state index contributed by atoms with van der Waals surface area (Å²) < 4.78 is 10.4. The SMILES string of the molecule is COC(=O)Cc1ccc(Oc2ccnc(Cc3ccc(Cl)cc3)n2)cc1. The van der Waals surface area contributed by atoms with Crippen molar-refractivity contribution in [2.24, 2.45) is 0 Å². The van der Waals surface area contributed by atoms with Gasteiger partial charge in [-0.2, -0.15) is 4.98 Å². The highest BCUT2D eigenvalue weighted by atomic mass is 35.5. The molecule has 0 saturated heterocycles. The molecule has 3 aromatic rings. The maximum absolute atomic E-state index is 11.3. The Labute approximate surface area is 156 Å². The van der Waals surface area contributed by atoms with Crippen LogP contribution in [0, 0.1) is 0 Å². The second kappa shape index (κ2) is 8.45. The average Bonchev–Trinajstić information content (AvgIpc) is 2.65. The monoisotopic (exact) mass is 368 g/mol. The summed E-state index contributed by atoms with van der Waals surface area (Å²) in [5.41, 5.74) is 1.93. The summed E-state index contributed by atoms with van der Waals surface area (Å²) in [5, 5.41) is 0.697. The molecule has 0 bridgehead atoms. The molecule has 0 unspecified atom stereocenters. The van der Waals surface area contributed by atoms with Gasteiger partial charge in [-0.3, -0.25) is 4.79 Å². The van der Waals surface area contributed by atoms with Crippen molar-refractivity contribution in [3.05, 3.63) is 82.8 Å². The van der Waals surface area contributed by atoms with Crippen molar-refractivity contribution in [3.63, 3.8) is 0 Å². The fourth-order valence-electron chi connectivity index (χ4n) is 2.34. The molecule has 6 heteroatoms. The lowest BCUT2D eigenvalue weighted by Crippen LogP contribution is -2.04. The number of benzene rings is 2. The van der Waals surface area contributed by atoms with Crippen LogP contribution < -0.4 is 4.74 Å². The van der Waals surface area contributed by atoms with E-state index in [-0.39, 0.29) is 12.4 Å². The molecule has 26 heavy (non-hydrogen) atoms. The Bertz CT molecular complexity index is 880. The number of hydrogen-bond donors (Lipinski definition) is 0. The number of ether oxygens (including phenoxy) is 2. The van der Waals surface area contributed by atoms with Gasteiger partial charge < -0.3 is 9.47 Å². The summed E-state index contributed by atoms with van der Waals surface area (Å²) in [6.45, 7) is 0. The Kier molecular flexibility index (Phi) is 5.81. The molecule has 0 aliphatic heterocycles. The molecule has 5 nitrogen and oxygen atoms in total. The lowest BCUT2D eigenvalue weighted by Gasteiger charge is -2.07. The molecule has 1 heterocycles. The number of esters is 1. The molecular formula is C20H17ClN2O3. The van der Waals surface area contributed by atoms with Crippen molar-refractivity contribution in [2.75, 3.05) is 7.11 Å². The van der Waals surface area contributed by atoms with Crippen LogP contribution in [-0.4, -0.2) is 23.0 Å². The predicted molar refractivity (Wildman–Crippen MR) is 98.5 cm³/mol. The van der Waals surface area contributed by atoms with Crippen LogP contribution in [0.3, 0.4) is 0 Å². The van der Waals surface area contributed by atoms with Crippen molar-refractivity contribution in [1.82, 2.24) is 9.97 Å². The molecule has 0 saturated carbocycles. The number of nitrogens with zero attached hydrogens (tertiary/aromatic N) is 2.